The molecular formula is C14H15N5OS. The van der Waals surface area contributed by atoms with Crippen LogP contribution in [-0.4, -0.2) is 27.1 Å². The standard InChI is InChI=1S/C14H15N5OS/c1-2-7-19-13(16)17-18-14(19)21-9-8-20-12-5-3-11(10-15)4-6-12/h2-6H,1,7-9H2,(H2,16,17). The SMILES string of the molecule is C=CCn1c(N)nnc1SCCOc1ccc(C#N)cc1. The molecular weight excluding hydrogens is 286 g/mol. The molecule has 2 aromatic rings. The van der Waals surface area contributed by atoms with Gasteiger partial charge in [-0.3, -0.25) is 4.57 Å². The number of ether oxygens (including phenoxy) is 1. The van der Waals surface area contributed by atoms with Gasteiger partial charge in [-0.2, -0.15) is 5.26 Å². The van der Waals surface area contributed by atoms with Gasteiger partial charge in [0.2, 0.25) is 5.95 Å². The smallest absolute Gasteiger partial charge is 0.222 e. The van der Waals surface area contributed by atoms with Crippen molar-refractivity contribution in [2.24, 2.45) is 0 Å². The fraction of sp³-hybridized carbons (Fsp3) is 0.214. The van der Waals surface area contributed by atoms with E-state index in [1.54, 1.807) is 34.9 Å². The minimum absolute atomic E-state index is 0.380. The lowest BCUT2D eigenvalue weighted by Gasteiger charge is -2.07. The Morgan fingerprint density at radius 2 is 2.14 bits per heavy atom. The van der Waals surface area contributed by atoms with E-state index in [9.17, 15) is 0 Å². The number of nitrogens with zero attached hydrogens (tertiary/aromatic N) is 4. The van der Waals surface area contributed by atoms with Crippen LogP contribution in [0.25, 0.3) is 0 Å². The van der Waals surface area contributed by atoms with Crippen molar-refractivity contribution in [3.63, 3.8) is 0 Å². The number of nitrogen functional groups attached to an aromatic ring is 1. The number of benzene rings is 1. The Morgan fingerprint density at radius 3 is 2.81 bits per heavy atom. The van der Waals surface area contributed by atoms with E-state index < -0.39 is 0 Å². The molecule has 0 amide bonds. The van der Waals surface area contributed by atoms with Gasteiger partial charge in [-0.25, -0.2) is 0 Å². The van der Waals surface area contributed by atoms with E-state index in [4.69, 9.17) is 15.7 Å². The quantitative estimate of drug-likeness (QED) is 0.478. The van der Waals surface area contributed by atoms with Crippen LogP contribution in [0.2, 0.25) is 0 Å². The third-order valence-electron chi connectivity index (χ3n) is 2.62. The van der Waals surface area contributed by atoms with Crippen molar-refractivity contribution < 1.29 is 4.74 Å². The van der Waals surface area contributed by atoms with Crippen molar-refractivity contribution in [1.29, 1.82) is 5.26 Å². The van der Waals surface area contributed by atoms with Crippen LogP contribution in [0.5, 0.6) is 5.75 Å². The highest BCUT2D eigenvalue weighted by Gasteiger charge is 2.08. The Kier molecular flexibility index (Phi) is 5.23. The molecule has 0 saturated carbocycles. The van der Waals surface area contributed by atoms with Crippen LogP contribution < -0.4 is 10.5 Å². The fourth-order valence-corrected chi connectivity index (χ4v) is 2.40. The van der Waals surface area contributed by atoms with Crippen molar-refractivity contribution in [2.75, 3.05) is 18.1 Å². The van der Waals surface area contributed by atoms with Gasteiger partial charge in [0.1, 0.15) is 5.75 Å². The van der Waals surface area contributed by atoms with Gasteiger partial charge in [0.05, 0.1) is 18.2 Å². The van der Waals surface area contributed by atoms with Gasteiger partial charge in [-0.15, -0.1) is 16.8 Å². The van der Waals surface area contributed by atoms with Crippen LogP contribution in [0.3, 0.4) is 0 Å². The van der Waals surface area contributed by atoms with Gasteiger partial charge in [-0.1, -0.05) is 17.8 Å². The van der Waals surface area contributed by atoms with E-state index >= 15 is 0 Å². The molecule has 0 saturated heterocycles. The molecule has 1 heterocycles. The van der Waals surface area contributed by atoms with Crippen LogP contribution in [0.15, 0.2) is 42.1 Å². The van der Waals surface area contributed by atoms with E-state index in [0.29, 0.717) is 24.7 Å². The van der Waals surface area contributed by atoms with Crippen LogP contribution in [0.1, 0.15) is 5.56 Å². The molecule has 2 N–H and O–H groups in total. The normalized spacial score (nSPS) is 10.0. The monoisotopic (exact) mass is 301 g/mol. The van der Waals surface area contributed by atoms with Crippen LogP contribution in [0, 0.1) is 11.3 Å². The largest absolute Gasteiger partial charge is 0.493 e. The van der Waals surface area contributed by atoms with Crippen molar-refractivity contribution in [1.82, 2.24) is 14.8 Å². The van der Waals surface area contributed by atoms with Crippen LogP contribution in [0.4, 0.5) is 5.95 Å². The zero-order valence-corrected chi connectivity index (χ0v) is 12.2. The Bertz CT molecular complexity index is 644. The Balaban J connectivity index is 1.82. The average Bonchev–Trinajstić information content (AvgIpc) is 2.86. The second-order valence-electron chi connectivity index (χ2n) is 4.07. The minimum Gasteiger partial charge on any atom is -0.493 e. The van der Waals surface area contributed by atoms with Crippen LogP contribution >= 0.6 is 11.8 Å². The molecule has 0 atom stereocenters. The lowest BCUT2D eigenvalue weighted by molar-refractivity contribution is 0.344. The van der Waals surface area contributed by atoms with E-state index in [-0.39, 0.29) is 0 Å². The van der Waals surface area contributed by atoms with Gasteiger partial charge in [0, 0.05) is 12.3 Å². The van der Waals surface area contributed by atoms with E-state index in [1.165, 1.54) is 11.8 Å². The summed E-state index contributed by atoms with van der Waals surface area (Å²) in [5.41, 5.74) is 6.34. The summed E-state index contributed by atoms with van der Waals surface area (Å²) < 4.78 is 7.39. The second-order valence-corrected chi connectivity index (χ2v) is 5.14. The van der Waals surface area contributed by atoms with Crippen molar-refractivity contribution in [2.45, 2.75) is 11.7 Å². The summed E-state index contributed by atoms with van der Waals surface area (Å²) in [5, 5.41) is 17.3. The molecule has 0 aliphatic heterocycles. The van der Waals surface area contributed by atoms with Crippen molar-refractivity contribution in [3.05, 3.63) is 42.5 Å². The highest BCUT2D eigenvalue weighted by molar-refractivity contribution is 7.99. The molecule has 1 aromatic heterocycles. The Morgan fingerprint density at radius 1 is 1.38 bits per heavy atom. The zero-order chi connectivity index (χ0) is 15.1. The average molecular weight is 301 g/mol. The summed E-state index contributed by atoms with van der Waals surface area (Å²) in [6.07, 6.45) is 1.75. The maximum Gasteiger partial charge on any atom is 0.222 e. The lowest BCUT2D eigenvalue weighted by atomic mass is 10.2. The molecule has 0 aliphatic rings. The summed E-state index contributed by atoms with van der Waals surface area (Å²) in [6.45, 7) is 4.79. The predicted octanol–water partition coefficient (Wildman–Crippen LogP) is 2.09. The number of aromatic nitrogens is 3. The first-order valence-corrected chi connectivity index (χ1v) is 7.28. The summed E-state index contributed by atoms with van der Waals surface area (Å²) in [5.74, 6) is 1.84. The molecule has 2 rings (SSSR count). The molecule has 108 valence electrons. The number of nitrogens with two attached hydrogens (primary N) is 1. The lowest BCUT2D eigenvalue weighted by Crippen LogP contribution is -2.05. The predicted molar refractivity (Wildman–Crippen MR) is 82.0 cm³/mol. The highest BCUT2D eigenvalue weighted by Crippen LogP contribution is 2.18. The van der Waals surface area contributed by atoms with Gasteiger partial charge in [-0.05, 0) is 24.3 Å². The summed E-state index contributed by atoms with van der Waals surface area (Å²) in [4.78, 5) is 0. The number of hydrogen-bond donors (Lipinski definition) is 1. The maximum absolute atomic E-state index is 8.71. The zero-order valence-electron chi connectivity index (χ0n) is 11.4. The number of nitriles is 1. The molecule has 0 fully saturated rings. The maximum atomic E-state index is 8.71. The molecule has 6 nitrogen and oxygen atoms in total. The molecule has 0 aliphatic carbocycles. The van der Waals surface area contributed by atoms with E-state index in [2.05, 4.69) is 22.8 Å². The van der Waals surface area contributed by atoms with Crippen molar-refractivity contribution in [3.8, 4) is 11.8 Å². The second kappa shape index (κ2) is 7.36. The first kappa shape index (κ1) is 14.9. The molecule has 7 heteroatoms. The first-order valence-electron chi connectivity index (χ1n) is 6.30. The fourth-order valence-electron chi connectivity index (χ4n) is 1.63. The number of rotatable bonds is 7. The molecule has 0 unspecified atom stereocenters. The van der Waals surface area contributed by atoms with E-state index in [1.807, 2.05) is 0 Å². The third kappa shape index (κ3) is 4.00. The molecule has 21 heavy (non-hydrogen) atoms. The summed E-state index contributed by atoms with van der Waals surface area (Å²) in [6, 6.07) is 9.08. The van der Waals surface area contributed by atoms with Gasteiger partial charge < -0.3 is 10.5 Å². The molecule has 0 bridgehead atoms. The number of thioether (sulfide) groups is 1. The topological polar surface area (TPSA) is 89.8 Å². The first-order chi connectivity index (χ1) is 10.2. The van der Waals surface area contributed by atoms with Gasteiger partial charge in [0.15, 0.2) is 5.16 Å². The summed E-state index contributed by atoms with van der Waals surface area (Å²) in [7, 11) is 0. The number of anilines is 1. The number of hydrogen-bond acceptors (Lipinski definition) is 6. The van der Waals surface area contributed by atoms with Crippen LogP contribution in [-0.2, 0) is 6.54 Å². The molecule has 0 spiro atoms. The van der Waals surface area contributed by atoms with Crippen molar-refractivity contribution >= 4 is 17.7 Å². The minimum atomic E-state index is 0.380. The van der Waals surface area contributed by atoms with E-state index in [0.717, 1.165) is 16.7 Å². The third-order valence-corrected chi connectivity index (χ3v) is 3.55. The van der Waals surface area contributed by atoms with Gasteiger partial charge >= 0.3 is 0 Å². The number of allylic oxidation sites excluding steroid dienone is 1. The summed E-state index contributed by atoms with van der Waals surface area (Å²) >= 11 is 1.52. The molecule has 1 aromatic carbocycles. The van der Waals surface area contributed by atoms with Gasteiger partial charge in [0.25, 0.3) is 0 Å². The Hall–Kier alpha value is -2.46. The highest BCUT2D eigenvalue weighted by atomic mass is 32.2. The molecule has 0 radical (unpaired) electrons. The Labute approximate surface area is 127 Å².